The molecular weight excluding hydrogens is 607 g/mol. The van der Waals surface area contributed by atoms with Crippen molar-refractivity contribution in [1.82, 2.24) is 0 Å². The molecule has 262 valence electrons. The van der Waals surface area contributed by atoms with Crippen LogP contribution < -0.4 is 0 Å². The predicted octanol–water partition coefficient (Wildman–Crippen LogP) is 11.8. The van der Waals surface area contributed by atoms with Crippen molar-refractivity contribution in [2.45, 2.75) is 104 Å². The third-order valence-electron chi connectivity index (χ3n) is 10.6. The molecule has 49 heavy (non-hydrogen) atoms. The first kappa shape index (κ1) is 36.1. The van der Waals surface area contributed by atoms with Crippen LogP contribution in [0, 0.1) is 17.2 Å². The van der Waals surface area contributed by atoms with Gasteiger partial charge in [0.05, 0.1) is 5.41 Å². The highest BCUT2D eigenvalue weighted by atomic mass is 19.1. The van der Waals surface area contributed by atoms with Crippen LogP contribution in [0.15, 0.2) is 85.4 Å². The van der Waals surface area contributed by atoms with E-state index in [1.54, 1.807) is 18.2 Å². The maximum Gasteiger partial charge on any atom is 0.163 e. The topological polar surface area (TPSA) is 51.2 Å². The maximum absolute atomic E-state index is 13.4. The van der Waals surface area contributed by atoms with Crippen molar-refractivity contribution in [2.75, 3.05) is 0 Å². The average molecular weight is 665 g/mol. The number of hydrogen-bond acceptors (Lipinski definition) is 3. The molecule has 4 aromatic carbocycles. The van der Waals surface area contributed by atoms with Gasteiger partial charge in [0.25, 0.3) is 0 Å². The van der Waals surface area contributed by atoms with Crippen LogP contribution in [-0.2, 0) is 35.3 Å². The van der Waals surface area contributed by atoms with Crippen LogP contribution in [0.1, 0.15) is 121 Å². The SMILES string of the molecule is C=Cc1cc2cccc(CCc3ccc(CC(=O)C4(C(=O)Cc5ccc(F)cc5)CC4)cc3)c2cc1C(=O)CCCC1CCCCC1.CC.[HH].[HH].[HH]. The van der Waals surface area contributed by atoms with Crippen LogP contribution in [0.4, 0.5) is 4.39 Å². The second-order valence-corrected chi connectivity index (χ2v) is 13.8. The molecule has 3 nitrogen and oxygen atoms in total. The fraction of sp³-hybridized carbons (Fsp3) is 0.400. The van der Waals surface area contributed by atoms with Gasteiger partial charge in [0, 0.05) is 29.1 Å². The van der Waals surface area contributed by atoms with Gasteiger partial charge in [0.1, 0.15) is 5.82 Å². The van der Waals surface area contributed by atoms with E-state index in [-0.39, 0.29) is 40.3 Å². The number of halogens is 1. The van der Waals surface area contributed by atoms with Crippen molar-refractivity contribution in [2.24, 2.45) is 11.3 Å². The number of fused-ring (bicyclic) bond motifs is 1. The first-order valence-electron chi connectivity index (χ1n) is 18.4. The van der Waals surface area contributed by atoms with Gasteiger partial charge in [-0.15, -0.1) is 0 Å². The van der Waals surface area contributed by atoms with Gasteiger partial charge in [0.2, 0.25) is 0 Å². The number of Topliss-reactive ketones (excluding diaryl/α,β-unsaturated/α-hetero) is 3. The van der Waals surface area contributed by atoms with Crippen molar-refractivity contribution in [3.8, 4) is 0 Å². The Morgan fingerprint density at radius 1 is 0.816 bits per heavy atom. The highest BCUT2D eigenvalue weighted by Gasteiger charge is 2.54. The summed E-state index contributed by atoms with van der Waals surface area (Å²) in [7, 11) is 0. The lowest BCUT2D eigenvalue weighted by Crippen LogP contribution is -2.28. The summed E-state index contributed by atoms with van der Waals surface area (Å²) in [5, 5.41) is 2.24. The van der Waals surface area contributed by atoms with E-state index in [0.29, 0.717) is 19.3 Å². The van der Waals surface area contributed by atoms with E-state index in [1.807, 2.05) is 26.0 Å². The van der Waals surface area contributed by atoms with E-state index >= 15 is 0 Å². The van der Waals surface area contributed by atoms with Crippen LogP contribution >= 0.6 is 0 Å². The number of benzene rings is 4. The second-order valence-electron chi connectivity index (χ2n) is 13.8. The molecule has 0 radical (unpaired) electrons. The molecule has 2 aliphatic carbocycles. The summed E-state index contributed by atoms with van der Waals surface area (Å²) in [6, 6.07) is 24.6. The van der Waals surface area contributed by atoms with Gasteiger partial charge in [-0.2, -0.15) is 0 Å². The fourth-order valence-corrected chi connectivity index (χ4v) is 7.45. The summed E-state index contributed by atoms with van der Waals surface area (Å²) in [6.07, 6.45) is 14.4. The van der Waals surface area contributed by atoms with E-state index in [1.165, 1.54) is 55.4 Å². The van der Waals surface area contributed by atoms with E-state index in [9.17, 15) is 18.8 Å². The minimum atomic E-state index is -0.886. The van der Waals surface area contributed by atoms with Gasteiger partial charge in [-0.05, 0) is 101 Å². The molecule has 0 saturated heterocycles. The molecule has 0 atom stereocenters. The van der Waals surface area contributed by atoms with E-state index in [4.69, 9.17) is 0 Å². The molecule has 0 bridgehead atoms. The molecule has 0 amide bonds. The number of aryl methyl sites for hydroxylation is 2. The van der Waals surface area contributed by atoms with Gasteiger partial charge in [-0.1, -0.05) is 120 Å². The Balaban J connectivity index is 0.00000184. The third-order valence-corrected chi connectivity index (χ3v) is 10.6. The lowest BCUT2D eigenvalue weighted by molar-refractivity contribution is -0.133. The lowest BCUT2D eigenvalue weighted by atomic mass is 9.85. The second kappa shape index (κ2) is 17.0. The monoisotopic (exact) mass is 664 g/mol. The molecule has 0 heterocycles. The highest BCUT2D eigenvalue weighted by Crippen LogP contribution is 2.48. The molecule has 2 fully saturated rings. The summed E-state index contributed by atoms with van der Waals surface area (Å²) < 4.78 is 13.3. The number of ketones is 3. The van der Waals surface area contributed by atoms with Crippen molar-refractivity contribution in [3.63, 3.8) is 0 Å². The molecule has 0 N–H and O–H groups in total. The normalized spacial score (nSPS) is 15.2. The van der Waals surface area contributed by atoms with Crippen LogP contribution in [0.3, 0.4) is 0 Å². The smallest absolute Gasteiger partial charge is 0.163 e. The molecule has 4 aromatic rings. The van der Waals surface area contributed by atoms with E-state index in [2.05, 4.69) is 49.0 Å². The lowest BCUT2D eigenvalue weighted by Gasteiger charge is -2.21. The number of rotatable bonds is 15. The zero-order chi connectivity index (χ0) is 34.8. The van der Waals surface area contributed by atoms with Crippen molar-refractivity contribution in [1.29, 1.82) is 0 Å². The maximum atomic E-state index is 13.4. The van der Waals surface area contributed by atoms with Crippen LogP contribution in [0.5, 0.6) is 0 Å². The van der Waals surface area contributed by atoms with Crippen molar-refractivity contribution in [3.05, 3.63) is 125 Å². The Kier molecular flexibility index (Phi) is 12.5. The van der Waals surface area contributed by atoms with Gasteiger partial charge < -0.3 is 0 Å². The first-order valence-corrected chi connectivity index (χ1v) is 18.4. The quantitative estimate of drug-likeness (QED) is 0.0938. The largest absolute Gasteiger partial charge is 0.298 e. The highest BCUT2D eigenvalue weighted by molar-refractivity contribution is 6.11. The molecule has 0 unspecified atom stereocenters. The number of carbonyl (C=O) groups is 3. The Morgan fingerprint density at radius 3 is 2.04 bits per heavy atom. The molecule has 2 aliphatic rings. The molecule has 0 spiro atoms. The Hall–Kier alpha value is -4.18. The van der Waals surface area contributed by atoms with Gasteiger partial charge in [0.15, 0.2) is 17.3 Å². The van der Waals surface area contributed by atoms with E-state index in [0.717, 1.165) is 64.6 Å². The number of hydrogen-bond donors (Lipinski definition) is 0. The minimum Gasteiger partial charge on any atom is -0.298 e. The van der Waals surface area contributed by atoms with Crippen LogP contribution in [0.25, 0.3) is 16.8 Å². The molecule has 0 aromatic heterocycles. The zero-order valence-corrected chi connectivity index (χ0v) is 29.4. The van der Waals surface area contributed by atoms with Gasteiger partial charge in [-0.25, -0.2) is 4.39 Å². The summed E-state index contributed by atoms with van der Waals surface area (Å²) in [5.74, 6) is 0.572. The summed E-state index contributed by atoms with van der Waals surface area (Å²) in [5.41, 5.74) is 4.84. The van der Waals surface area contributed by atoms with E-state index < -0.39 is 5.41 Å². The predicted molar refractivity (Wildman–Crippen MR) is 206 cm³/mol. The fourth-order valence-electron chi connectivity index (χ4n) is 7.45. The standard InChI is InChI=1S/C43H45FO3.C2H6.3H2/c1-2-34-28-36-12-7-11-35(38(36)29-39(34)40(45)13-6-10-30-8-4-3-5-9-30)21-18-31-14-16-32(17-15-31)26-41(46)43(24-25-43)42(47)27-33-19-22-37(44)23-20-33;1-2;;;/h2,7,11-12,14-17,19-20,22-23,28-30H,1,3-6,8-10,13,18,21,24-27H2;1-2H3;3*1H. The third kappa shape index (κ3) is 9.09. The van der Waals surface area contributed by atoms with Gasteiger partial charge >= 0.3 is 0 Å². The zero-order valence-electron chi connectivity index (χ0n) is 29.4. The minimum absolute atomic E-state index is 0. The number of carbonyl (C=O) groups excluding carboxylic acids is 3. The average Bonchev–Trinajstić information content (AvgIpc) is 3.96. The summed E-state index contributed by atoms with van der Waals surface area (Å²) in [4.78, 5) is 39.7. The van der Waals surface area contributed by atoms with Crippen LogP contribution in [-0.4, -0.2) is 17.3 Å². The van der Waals surface area contributed by atoms with Crippen LogP contribution in [0.2, 0.25) is 0 Å². The molecule has 0 aliphatic heterocycles. The summed E-state index contributed by atoms with van der Waals surface area (Å²) in [6.45, 7) is 8.00. The Morgan fingerprint density at radius 2 is 1.43 bits per heavy atom. The molecule has 6 rings (SSSR count). The summed E-state index contributed by atoms with van der Waals surface area (Å²) >= 11 is 0. The molecule has 4 heteroatoms. The van der Waals surface area contributed by atoms with Crippen molar-refractivity contribution < 1.29 is 23.1 Å². The molecular formula is C45H57FO3. The van der Waals surface area contributed by atoms with Gasteiger partial charge in [-0.3, -0.25) is 14.4 Å². The van der Waals surface area contributed by atoms with Crippen molar-refractivity contribution >= 4 is 34.2 Å². The Labute approximate surface area is 296 Å². The molecule has 2 saturated carbocycles. The first-order chi connectivity index (χ1) is 23.8. The Bertz CT molecular complexity index is 1770.